The summed E-state index contributed by atoms with van der Waals surface area (Å²) in [6.45, 7) is -0.117. The quantitative estimate of drug-likeness (QED) is 0.778. The van der Waals surface area contributed by atoms with E-state index in [1.54, 1.807) is 18.5 Å². The number of rotatable bonds is 3. The molecule has 0 saturated carbocycles. The Morgan fingerprint density at radius 2 is 2.00 bits per heavy atom. The number of aromatic nitrogens is 2. The van der Waals surface area contributed by atoms with Crippen molar-refractivity contribution in [3.05, 3.63) is 60.6 Å². The second-order valence-electron chi connectivity index (χ2n) is 4.09. The lowest BCUT2D eigenvalue weighted by Gasteiger charge is -2.09. The molecule has 0 atom stereocenters. The maximum absolute atomic E-state index is 9.26. The second kappa shape index (κ2) is 5.04. The van der Waals surface area contributed by atoms with Crippen LogP contribution >= 0.6 is 0 Å². The molecule has 2 aromatic heterocycles. The second-order valence-corrected chi connectivity index (χ2v) is 4.09. The number of hydrogen-bond donors (Lipinski definition) is 1. The molecule has 3 aromatic rings. The Labute approximate surface area is 110 Å². The molecule has 4 nitrogen and oxygen atoms in total. The minimum Gasteiger partial charge on any atom is -0.437 e. The zero-order valence-electron chi connectivity index (χ0n) is 10.2. The number of fused-ring (bicyclic) bond motifs is 1. The number of hydrogen-bond acceptors (Lipinski definition) is 4. The summed E-state index contributed by atoms with van der Waals surface area (Å²) in [6.07, 6.45) is 3.31. The molecule has 0 bridgehead atoms. The van der Waals surface area contributed by atoms with Gasteiger partial charge in [-0.3, -0.25) is 4.98 Å². The highest BCUT2D eigenvalue weighted by Crippen LogP contribution is 2.28. The molecule has 0 aliphatic heterocycles. The van der Waals surface area contributed by atoms with Crippen molar-refractivity contribution < 1.29 is 9.84 Å². The van der Waals surface area contributed by atoms with E-state index in [0.717, 1.165) is 10.8 Å². The minimum atomic E-state index is -0.117. The largest absolute Gasteiger partial charge is 0.437 e. The molecule has 19 heavy (non-hydrogen) atoms. The summed E-state index contributed by atoms with van der Waals surface area (Å²) in [5.74, 6) is 1.10. The van der Waals surface area contributed by atoms with E-state index in [4.69, 9.17) is 4.74 Å². The number of benzene rings is 1. The van der Waals surface area contributed by atoms with Crippen molar-refractivity contribution in [1.82, 2.24) is 9.97 Å². The van der Waals surface area contributed by atoms with Crippen LogP contribution in [-0.4, -0.2) is 15.1 Å². The van der Waals surface area contributed by atoms with Gasteiger partial charge in [-0.2, -0.15) is 0 Å². The first kappa shape index (κ1) is 11.6. The Bertz CT molecular complexity index is 699. The van der Waals surface area contributed by atoms with Crippen LogP contribution in [0, 0.1) is 0 Å². The molecule has 0 aliphatic rings. The van der Waals surface area contributed by atoms with Gasteiger partial charge in [-0.1, -0.05) is 18.2 Å². The third-order valence-corrected chi connectivity index (χ3v) is 2.77. The van der Waals surface area contributed by atoms with Crippen LogP contribution < -0.4 is 4.74 Å². The van der Waals surface area contributed by atoms with Crippen molar-refractivity contribution in [2.45, 2.75) is 6.61 Å². The van der Waals surface area contributed by atoms with E-state index in [-0.39, 0.29) is 6.61 Å². The lowest BCUT2D eigenvalue weighted by atomic mass is 10.1. The summed E-state index contributed by atoms with van der Waals surface area (Å²) < 4.78 is 5.75. The number of pyridine rings is 2. The molecule has 1 N–H and O–H groups in total. The average Bonchev–Trinajstić information content (AvgIpc) is 2.48. The molecule has 4 heteroatoms. The molecular formula is C15H12N2O2. The fraction of sp³-hybridized carbons (Fsp3) is 0.0667. The van der Waals surface area contributed by atoms with Gasteiger partial charge in [0.15, 0.2) is 0 Å². The molecule has 0 amide bonds. The summed E-state index contributed by atoms with van der Waals surface area (Å²) in [5.41, 5.74) is 0.581. The Hall–Kier alpha value is -2.46. The smallest absolute Gasteiger partial charge is 0.227 e. The normalized spacial score (nSPS) is 10.6. The molecule has 0 fully saturated rings. The van der Waals surface area contributed by atoms with Crippen LogP contribution in [0.3, 0.4) is 0 Å². The maximum atomic E-state index is 9.26. The van der Waals surface area contributed by atoms with E-state index in [1.165, 1.54) is 0 Å². The Morgan fingerprint density at radius 3 is 2.79 bits per heavy atom. The topological polar surface area (TPSA) is 55.2 Å². The minimum absolute atomic E-state index is 0.117. The maximum Gasteiger partial charge on any atom is 0.227 e. The van der Waals surface area contributed by atoms with E-state index >= 15 is 0 Å². The number of nitrogens with zero attached hydrogens (tertiary/aromatic N) is 2. The van der Waals surface area contributed by atoms with Gasteiger partial charge >= 0.3 is 0 Å². The monoisotopic (exact) mass is 252 g/mol. The van der Waals surface area contributed by atoms with Crippen molar-refractivity contribution in [2.75, 3.05) is 0 Å². The third-order valence-electron chi connectivity index (χ3n) is 2.77. The van der Waals surface area contributed by atoms with E-state index in [1.807, 2.05) is 36.4 Å². The number of aliphatic hydroxyl groups is 1. The molecule has 0 unspecified atom stereocenters. The summed E-state index contributed by atoms with van der Waals surface area (Å²) in [4.78, 5) is 8.32. The number of aliphatic hydroxyl groups excluding tert-OH is 1. The van der Waals surface area contributed by atoms with Gasteiger partial charge in [-0.05, 0) is 29.7 Å². The molecule has 0 saturated heterocycles. The molecule has 0 spiro atoms. The van der Waals surface area contributed by atoms with Gasteiger partial charge in [-0.25, -0.2) is 4.98 Å². The lowest BCUT2D eigenvalue weighted by molar-refractivity contribution is 0.275. The lowest BCUT2D eigenvalue weighted by Crippen LogP contribution is -1.95. The van der Waals surface area contributed by atoms with Gasteiger partial charge in [0.2, 0.25) is 5.88 Å². The van der Waals surface area contributed by atoms with Crippen LogP contribution in [0.5, 0.6) is 11.6 Å². The van der Waals surface area contributed by atoms with Gasteiger partial charge in [-0.15, -0.1) is 0 Å². The van der Waals surface area contributed by atoms with E-state index in [2.05, 4.69) is 9.97 Å². The molecule has 2 heterocycles. The Morgan fingerprint density at radius 1 is 1.11 bits per heavy atom. The standard InChI is InChI=1S/C15H12N2O2/c18-10-12-8-11-4-1-2-6-14(11)15(17-12)19-13-5-3-7-16-9-13/h1-9,18H,10H2. The molecule has 0 radical (unpaired) electrons. The summed E-state index contributed by atoms with van der Waals surface area (Å²) in [7, 11) is 0. The average molecular weight is 252 g/mol. The van der Waals surface area contributed by atoms with Crippen molar-refractivity contribution in [1.29, 1.82) is 0 Å². The third kappa shape index (κ3) is 2.39. The highest BCUT2D eigenvalue weighted by Gasteiger charge is 2.07. The molecular weight excluding hydrogens is 240 g/mol. The Balaban J connectivity index is 2.11. The van der Waals surface area contributed by atoms with Crippen LogP contribution in [0.25, 0.3) is 10.8 Å². The highest BCUT2D eigenvalue weighted by atomic mass is 16.5. The predicted molar refractivity (Wildman–Crippen MR) is 72.0 cm³/mol. The first-order valence-electron chi connectivity index (χ1n) is 5.94. The fourth-order valence-electron chi connectivity index (χ4n) is 1.90. The van der Waals surface area contributed by atoms with Gasteiger partial charge in [0.25, 0.3) is 0 Å². The summed E-state index contributed by atoms with van der Waals surface area (Å²) in [5, 5.41) is 11.1. The number of ether oxygens (including phenoxy) is 1. The predicted octanol–water partition coefficient (Wildman–Crippen LogP) is 2.91. The van der Waals surface area contributed by atoms with Crippen LogP contribution in [0.4, 0.5) is 0 Å². The Kier molecular flexibility index (Phi) is 3.08. The molecule has 0 aliphatic carbocycles. The molecule has 3 rings (SSSR count). The van der Waals surface area contributed by atoms with Crippen molar-refractivity contribution in [3.63, 3.8) is 0 Å². The first-order valence-corrected chi connectivity index (χ1v) is 5.94. The van der Waals surface area contributed by atoms with Gasteiger partial charge < -0.3 is 9.84 Å². The van der Waals surface area contributed by atoms with E-state index < -0.39 is 0 Å². The molecule has 94 valence electrons. The van der Waals surface area contributed by atoms with Crippen molar-refractivity contribution >= 4 is 10.8 Å². The molecule has 1 aromatic carbocycles. The van der Waals surface area contributed by atoms with Crippen molar-refractivity contribution in [2.24, 2.45) is 0 Å². The van der Waals surface area contributed by atoms with Gasteiger partial charge in [0.1, 0.15) is 5.75 Å². The van der Waals surface area contributed by atoms with Crippen LogP contribution in [0.15, 0.2) is 54.9 Å². The summed E-state index contributed by atoms with van der Waals surface area (Å²) in [6, 6.07) is 13.2. The summed E-state index contributed by atoms with van der Waals surface area (Å²) >= 11 is 0. The van der Waals surface area contributed by atoms with Crippen LogP contribution in [-0.2, 0) is 6.61 Å². The first-order chi connectivity index (χ1) is 9.36. The van der Waals surface area contributed by atoms with E-state index in [0.29, 0.717) is 17.3 Å². The van der Waals surface area contributed by atoms with Gasteiger partial charge in [0.05, 0.1) is 18.5 Å². The van der Waals surface area contributed by atoms with E-state index in [9.17, 15) is 5.11 Å². The van der Waals surface area contributed by atoms with Crippen molar-refractivity contribution in [3.8, 4) is 11.6 Å². The van der Waals surface area contributed by atoms with Crippen LogP contribution in [0.1, 0.15) is 5.69 Å². The zero-order valence-corrected chi connectivity index (χ0v) is 10.2. The zero-order chi connectivity index (χ0) is 13.1. The SMILES string of the molecule is OCc1cc2ccccc2c(Oc2cccnc2)n1. The van der Waals surface area contributed by atoms with Crippen LogP contribution in [0.2, 0.25) is 0 Å². The highest BCUT2D eigenvalue weighted by molar-refractivity contribution is 5.87. The fourth-order valence-corrected chi connectivity index (χ4v) is 1.90. The van der Waals surface area contributed by atoms with Gasteiger partial charge in [0, 0.05) is 11.6 Å².